The van der Waals surface area contributed by atoms with Crippen molar-refractivity contribution in [2.45, 2.75) is 46.6 Å². The van der Waals surface area contributed by atoms with Crippen molar-refractivity contribution >= 4 is 15.9 Å². The van der Waals surface area contributed by atoms with E-state index in [1.807, 2.05) is 57.2 Å². The van der Waals surface area contributed by atoms with E-state index in [0.717, 1.165) is 22.3 Å². The minimum Gasteiger partial charge on any atom is -0.493 e. The van der Waals surface area contributed by atoms with Crippen LogP contribution in [0.4, 0.5) is 0 Å². The van der Waals surface area contributed by atoms with Gasteiger partial charge in [0.2, 0.25) is 5.88 Å². The number of aromatic nitrogens is 2. The molecule has 8 nitrogen and oxygen atoms in total. The van der Waals surface area contributed by atoms with Crippen molar-refractivity contribution in [3.63, 3.8) is 0 Å². The van der Waals surface area contributed by atoms with Crippen molar-refractivity contribution in [3.05, 3.63) is 94.7 Å². The fourth-order valence-electron chi connectivity index (χ4n) is 4.18. The smallest absolute Gasteiger partial charge is 0.281 e. The van der Waals surface area contributed by atoms with Crippen molar-refractivity contribution in [1.82, 2.24) is 14.7 Å². The molecule has 2 heterocycles. The number of carbonyl (C=O) groups excluding carboxylic acids is 1. The second-order valence-electron chi connectivity index (χ2n) is 10.2. The summed E-state index contributed by atoms with van der Waals surface area (Å²) in [5, 5.41) is -0.253. The summed E-state index contributed by atoms with van der Waals surface area (Å²) in [4.78, 5) is 22.1. The number of rotatable bonds is 9. The highest BCUT2D eigenvalue weighted by molar-refractivity contribution is 7.90. The maximum atomic E-state index is 13.3. The summed E-state index contributed by atoms with van der Waals surface area (Å²) < 4.78 is 40.1. The van der Waals surface area contributed by atoms with Gasteiger partial charge in [0.05, 0.1) is 12.3 Å². The number of amides is 1. The lowest BCUT2D eigenvalue weighted by Gasteiger charge is -2.16. The molecule has 0 saturated heterocycles. The number of ether oxygens (including phenoxy) is 2. The topological polar surface area (TPSA) is 107 Å². The Bertz CT molecular complexity index is 1650. The molecule has 0 saturated carbocycles. The Morgan fingerprint density at radius 3 is 2.30 bits per heavy atom. The van der Waals surface area contributed by atoms with E-state index in [2.05, 4.69) is 28.5 Å². The number of nitrogens with zero attached hydrogens (tertiary/aromatic N) is 2. The first kappa shape index (κ1) is 28.8. The van der Waals surface area contributed by atoms with Gasteiger partial charge in [-0.15, -0.1) is 0 Å². The third-order valence-electron chi connectivity index (χ3n) is 5.99. The van der Waals surface area contributed by atoms with E-state index in [-0.39, 0.29) is 19.3 Å². The molecule has 0 spiro atoms. The lowest BCUT2D eigenvalue weighted by molar-refractivity contribution is 0.0978. The molecular weight excluding hydrogens is 526 g/mol. The maximum Gasteiger partial charge on any atom is 0.281 e. The molecular formula is C31H37N3O5S. The number of pyridine rings is 2. The summed E-state index contributed by atoms with van der Waals surface area (Å²) in [5.41, 5.74) is 4.55. The van der Waals surface area contributed by atoms with Crippen molar-refractivity contribution < 1.29 is 25.5 Å². The molecule has 212 valence electrons. The predicted octanol–water partition coefficient (Wildman–Crippen LogP) is 6.82. The number of nitrogens with one attached hydrogen (secondary N) is 1. The van der Waals surface area contributed by atoms with Gasteiger partial charge >= 0.3 is 0 Å². The number of carbonyl (C=O) groups is 1. The van der Waals surface area contributed by atoms with Gasteiger partial charge in [-0.05, 0) is 81.1 Å². The summed E-state index contributed by atoms with van der Waals surface area (Å²) in [5.74, 6) is 0.701. The minimum absolute atomic E-state index is 0. The van der Waals surface area contributed by atoms with E-state index in [4.69, 9.17) is 9.47 Å². The third-order valence-corrected chi connectivity index (χ3v) is 7.22. The SMILES string of the molecule is Cc1cc(C)c(Oc2nc(-c3cccc(OCC(C)C)c3)ccc2C(=O)NS(=O)(=O)c2cccc(C)n2)c(C)c1.[HH].[HH]. The molecule has 1 amide bonds. The fraction of sp³-hybridized carbons (Fsp3) is 0.258. The Balaban J connectivity index is 0.00000308. The normalized spacial score (nSPS) is 11.4. The Kier molecular flexibility index (Phi) is 8.54. The van der Waals surface area contributed by atoms with Gasteiger partial charge in [-0.1, -0.05) is 49.7 Å². The standard InChI is InChI=1S/C31H33N3O5S.2H2/c1-19(2)18-38-25-11-8-10-24(17-25)27-14-13-26(30(35)34-40(36,37)28-12-7-9-23(6)32-28)31(33-27)39-29-21(4)15-20(3)16-22(29)5;;/h7-17,19H,18H2,1-6H3,(H,34,35);2*1H. The molecule has 0 aliphatic rings. The van der Waals surface area contributed by atoms with Crippen LogP contribution in [0, 0.1) is 33.6 Å². The number of hydrogen-bond acceptors (Lipinski definition) is 7. The molecule has 40 heavy (non-hydrogen) atoms. The van der Waals surface area contributed by atoms with Crippen LogP contribution in [-0.4, -0.2) is 30.9 Å². The molecule has 0 atom stereocenters. The first-order chi connectivity index (χ1) is 18.9. The Morgan fingerprint density at radius 2 is 1.62 bits per heavy atom. The van der Waals surface area contributed by atoms with Crippen molar-refractivity contribution in [1.29, 1.82) is 0 Å². The first-order valence-corrected chi connectivity index (χ1v) is 14.4. The molecule has 0 unspecified atom stereocenters. The largest absolute Gasteiger partial charge is 0.493 e. The highest BCUT2D eigenvalue weighted by Gasteiger charge is 2.25. The molecule has 4 rings (SSSR count). The molecule has 9 heteroatoms. The van der Waals surface area contributed by atoms with Crippen LogP contribution >= 0.6 is 0 Å². The zero-order valence-corrected chi connectivity index (χ0v) is 24.3. The van der Waals surface area contributed by atoms with Crippen LogP contribution < -0.4 is 14.2 Å². The monoisotopic (exact) mass is 563 g/mol. The van der Waals surface area contributed by atoms with E-state index in [1.165, 1.54) is 12.1 Å². The van der Waals surface area contributed by atoms with Gasteiger partial charge in [0, 0.05) is 14.1 Å². The summed E-state index contributed by atoms with van der Waals surface area (Å²) in [6.07, 6.45) is 0. The summed E-state index contributed by atoms with van der Waals surface area (Å²) in [7, 11) is -4.23. The van der Waals surface area contributed by atoms with E-state index in [9.17, 15) is 13.2 Å². The molecule has 0 bridgehead atoms. The van der Waals surface area contributed by atoms with Crippen molar-refractivity contribution in [2.75, 3.05) is 6.61 Å². The van der Waals surface area contributed by atoms with Gasteiger partial charge in [-0.25, -0.2) is 14.7 Å². The third kappa shape index (κ3) is 6.84. The highest BCUT2D eigenvalue weighted by Crippen LogP contribution is 2.33. The van der Waals surface area contributed by atoms with Gasteiger partial charge in [0.15, 0.2) is 5.03 Å². The van der Waals surface area contributed by atoms with Crippen molar-refractivity contribution in [3.8, 4) is 28.6 Å². The zero-order chi connectivity index (χ0) is 29.0. The van der Waals surface area contributed by atoms with Crippen LogP contribution in [0.1, 0.15) is 49.4 Å². The van der Waals surface area contributed by atoms with Crippen LogP contribution in [0.3, 0.4) is 0 Å². The maximum absolute atomic E-state index is 13.3. The lowest BCUT2D eigenvalue weighted by atomic mass is 10.1. The minimum atomic E-state index is -4.23. The van der Waals surface area contributed by atoms with Gasteiger partial charge < -0.3 is 9.47 Å². The number of benzene rings is 2. The molecule has 2 aromatic carbocycles. The molecule has 0 radical (unpaired) electrons. The van der Waals surface area contributed by atoms with Gasteiger partial charge in [0.25, 0.3) is 15.9 Å². The Labute approximate surface area is 238 Å². The van der Waals surface area contributed by atoms with E-state index in [1.54, 1.807) is 25.1 Å². The van der Waals surface area contributed by atoms with Crippen LogP contribution in [0.5, 0.6) is 17.4 Å². The lowest BCUT2D eigenvalue weighted by Crippen LogP contribution is -2.31. The Morgan fingerprint density at radius 1 is 0.925 bits per heavy atom. The Hall–Kier alpha value is -4.24. The molecule has 0 aliphatic heterocycles. The molecule has 0 fully saturated rings. The number of aryl methyl sites for hydroxylation is 4. The molecule has 1 N–H and O–H groups in total. The van der Waals surface area contributed by atoms with E-state index >= 15 is 0 Å². The van der Waals surface area contributed by atoms with Crippen LogP contribution in [0.2, 0.25) is 0 Å². The first-order valence-electron chi connectivity index (χ1n) is 12.9. The van der Waals surface area contributed by atoms with Crippen LogP contribution in [-0.2, 0) is 10.0 Å². The van der Waals surface area contributed by atoms with Crippen LogP contribution in [0.25, 0.3) is 11.3 Å². The summed E-state index contributed by atoms with van der Waals surface area (Å²) >= 11 is 0. The zero-order valence-electron chi connectivity index (χ0n) is 23.5. The van der Waals surface area contributed by atoms with E-state index < -0.39 is 15.9 Å². The van der Waals surface area contributed by atoms with Crippen LogP contribution in [0.15, 0.2) is 71.8 Å². The molecule has 2 aromatic heterocycles. The van der Waals surface area contributed by atoms with Gasteiger partial charge in [-0.3, -0.25) is 4.79 Å². The van der Waals surface area contributed by atoms with Crippen molar-refractivity contribution in [2.24, 2.45) is 5.92 Å². The van der Waals surface area contributed by atoms with E-state index in [0.29, 0.717) is 35.4 Å². The quantitative estimate of drug-likeness (QED) is 0.238. The summed E-state index contributed by atoms with van der Waals surface area (Å²) in [6, 6.07) is 19.1. The van der Waals surface area contributed by atoms with Gasteiger partial charge in [0.1, 0.15) is 17.1 Å². The number of sulfonamides is 1. The summed E-state index contributed by atoms with van der Waals surface area (Å²) in [6.45, 7) is 12.2. The second kappa shape index (κ2) is 11.9. The average Bonchev–Trinajstić information content (AvgIpc) is 2.89. The predicted molar refractivity (Wildman–Crippen MR) is 159 cm³/mol. The number of hydrogen-bond donors (Lipinski definition) is 1. The fourth-order valence-corrected chi connectivity index (χ4v) is 5.16. The highest BCUT2D eigenvalue weighted by atomic mass is 32.2. The average molecular weight is 564 g/mol. The molecule has 4 aromatic rings. The molecule has 0 aliphatic carbocycles. The second-order valence-corrected chi connectivity index (χ2v) is 11.8. The van der Waals surface area contributed by atoms with Gasteiger partial charge in [-0.2, -0.15) is 8.42 Å².